The Bertz CT molecular complexity index is 601. The Hall–Kier alpha value is -1.52. The molecule has 0 saturated heterocycles. The molecule has 1 N–H and O–H groups in total. The second-order valence-electron chi connectivity index (χ2n) is 5.94. The summed E-state index contributed by atoms with van der Waals surface area (Å²) in [5, 5.41) is 4.61. The first-order valence-electron chi connectivity index (χ1n) is 7.51. The van der Waals surface area contributed by atoms with Gasteiger partial charge in [0.05, 0.1) is 13.7 Å². The summed E-state index contributed by atoms with van der Waals surface area (Å²) < 4.78 is 16.4. The lowest BCUT2D eigenvalue weighted by molar-refractivity contribution is 0.171. The van der Waals surface area contributed by atoms with Crippen LogP contribution in [0.2, 0.25) is 0 Å². The van der Waals surface area contributed by atoms with Crippen LogP contribution in [0.4, 0.5) is 0 Å². The SMILES string of the molecule is COCCC1(CNCc2cc3cccc(OC)c3o2)CC1. The number of hydrogen-bond donors (Lipinski definition) is 1. The van der Waals surface area contributed by atoms with E-state index in [9.17, 15) is 0 Å². The molecular formula is C17H23NO3. The molecule has 21 heavy (non-hydrogen) atoms. The Labute approximate surface area is 125 Å². The molecule has 3 rings (SSSR count). The van der Waals surface area contributed by atoms with E-state index in [0.29, 0.717) is 5.41 Å². The molecule has 1 fully saturated rings. The van der Waals surface area contributed by atoms with Gasteiger partial charge in [-0.2, -0.15) is 0 Å². The van der Waals surface area contributed by atoms with E-state index in [1.165, 1.54) is 12.8 Å². The smallest absolute Gasteiger partial charge is 0.176 e. The topological polar surface area (TPSA) is 43.6 Å². The van der Waals surface area contributed by atoms with E-state index in [1.807, 2.05) is 18.2 Å². The standard InChI is InChI=1S/C17H23NO3/c1-19-9-8-17(6-7-17)12-18-11-14-10-13-4-3-5-15(20-2)16(13)21-14/h3-5,10,18H,6-9,11-12H2,1-2H3. The highest BCUT2D eigenvalue weighted by atomic mass is 16.5. The van der Waals surface area contributed by atoms with Gasteiger partial charge in [-0.3, -0.25) is 0 Å². The summed E-state index contributed by atoms with van der Waals surface area (Å²) in [7, 11) is 3.44. The van der Waals surface area contributed by atoms with Crippen LogP contribution in [0.3, 0.4) is 0 Å². The normalized spacial score (nSPS) is 16.3. The number of methoxy groups -OCH3 is 2. The van der Waals surface area contributed by atoms with Crippen LogP contribution in [-0.2, 0) is 11.3 Å². The summed E-state index contributed by atoms with van der Waals surface area (Å²) in [4.78, 5) is 0. The molecule has 0 bridgehead atoms. The fourth-order valence-electron chi connectivity index (χ4n) is 2.80. The molecule has 0 amide bonds. The van der Waals surface area contributed by atoms with Crippen LogP contribution in [-0.4, -0.2) is 27.4 Å². The van der Waals surface area contributed by atoms with E-state index >= 15 is 0 Å². The lowest BCUT2D eigenvalue weighted by Gasteiger charge is -2.14. The molecule has 4 heteroatoms. The molecule has 0 radical (unpaired) electrons. The predicted octanol–water partition coefficient (Wildman–Crippen LogP) is 3.35. The number of nitrogens with one attached hydrogen (secondary N) is 1. The number of benzene rings is 1. The van der Waals surface area contributed by atoms with E-state index in [1.54, 1.807) is 14.2 Å². The molecule has 0 aliphatic heterocycles. The number of hydrogen-bond acceptors (Lipinski definition) is 4. The summed E-state index contributed by atoms with van der Waals surface area (Å²) in [5.74, 6) is 1.74. The molecule has 1 aromatic carbocycles. The average Bonchev–Trinajstić information content (AvgIpc) is 3.14. The van der Waals surface area contributed by atoms with Crippen molar-refractivity contribution in [3.05, 3.63) is 30.0 Å². The van der Waals surface area contributed by atoms with Gasteiger partial charge in [-0.1, -0.05) is 12.1 Å². The van der Waals surface area contributed by atoms with Crippen LogP contribution >= 0.6 is 0 Å². The Morgan fingerprint density at radius 2 is 2.14 bits per heavy atom. The van der Waals surface area contributed by atoms with Crippen LogP contribution in [0.15, 0.2) is 28.7 Å². The van der Waals surface area contributed by atoms with Crippen LogP contribution in [0, 0.1) is 5.41 Å². The second kappa shape index (κ2) is 6.08. The maximum atomic E-state index is 5.89. The van der Waals surface area contributed by atoms with Crippen LogP contribution in [0.1, 0.15) is 25.0 Å². The zero-order valence-electron chi connectivity index (χ0n) is 12.8. The van der Waals surface area contributed by atoms with E-state index in [-0.39, 0.29) is 0 Å². The highest BCUT2D eigenvalue weighted by Gasteiger charge is 2.41. The van der Waals surface area contributed by atoms with Gasteiger partial charge in [-0.25, -0.2) is 0 Å². The third-order valence-electron chi connectivity index (χ3n) is 4.37. The second-order valence-corrected chi connectivity index (χ2v) is 5.94. The van der Waals surface area contributed by atoms with Crippen molar-refractivity contribution in [2.24, 2.45) is 5.41 Å². The summed E-state index contributed by atoms with van der Waals surface area (Å²) in [5.41, 5.74) is 1.29. The first kappa shape index (κ1) is 14.4. The molecule has 1 aliphatic rings. The molecule has 4 nitrogen and oxygen atoms in total. The number of fused-ring (bicyclic) bond motifs is 1. The summed E-state index contributed by atoms with van der Waals surface area (Å²) in [6, 6.07) is 8.04. The monoisotopic (exact) mass is 289 g/mol. The summed E-state index contributed by atoms with van der Waals surface area (Å²) in [6.45, 7) is 2.64. The number of furan rings is 1. The summed E-state index contributed by atoms with van der Waals surface area (Å²) >= 11 is 0. The van der Waals surface area contributed by atoms with E-state index in [0.717, 1.165) is 48.6 Å². The minimum absolute atomic E-state index is 0.458. The molecule has 1 aliphatic carbocycles. The van der Waals surface area contributed by atoms with Crippen molar-refractivity contribution in [1.29, 1.82) is 0 Å². The zero-order chi connectivity index (χ0) is 14.7. The molecule has 0 atom stereocenters. The van der Waals surface area contributed by atoms with Crippen molar-refractivity contribution in [3.8, 4) is 5.75 Å². The first-order chi connectivity index (χ1) is 10.3. The fourth-order valence-corrected chi connectivity index (χ4v) is 2.80. The van der Waals surface area contributed by atoms with Crippen molar-refractivity contribution in [2.45, 2.75) is 25.8 Å². The quantitative estimate of drug-likeness (QED) is 0.809. The van der Waals surface area contributed by atoms with Gasteiger partial charge in [-0.05, 0) is 36.8 Å². The number of ether oxygens (including phenoxy) is 2. The third-order valence-corrected chi connectivity index (χ3v) is 4.37. The highest BCUT2D eigenvalue weighted by molar-refractivity contribution is 5.83. The molecule has 1 heterocycles. The van der Waals surface area contributed by atoms with Crippen LogP contribution in [0.25, 0.3) is 11.0 Å². The van der Waals surface area contributed by atoms with Crippen LogP contribution in [0.5, 0.6) is 5.75 Å². The first-order valence-corrected chi connectivity index (χ1v) is 7.51. The number of para-hydroxylation sites is 1. The van der Waals surface area contributed by atoms with Gasteiger partial charge in [0.25, 0.3) is 0 Å². The van der Waals surface area contributed by atoms with Gasteiger partial charge in [-0.15, -0.1) is 0 Å². The van der Waals surface area contributed by atoms with Crippen molar-refractivity contribution in [3.63, 3.8) is 0 Å². The Balaban J connectivity index is 1.58. The fraction of sp³-hybridized carbons (Fsp3) is 0.529. The Morgan fingerprint density at radius 1 is 1.29 bits per heavy atom. The lowest BCUT2D eigenvalue weighted by atomic mass is 10.0. The largest absolute Gasteiger partial charge is 0.493 e. The molecule has 114 valence electrons. The Kier molecular flexibility index (Phi) is 4.17. The molecular weight excluding hydrogens is 266 g/mol. The van der Waals surface area contributed by atoms with E-state index in [4.69, 9.17) is 13.9 Å². The van der Waals surface area contributed by atoms with Gasteiger partial charge in [0.1, 0.15) is 5.76 Å². The predicted molar refractivity (Wildman–Crippen MR) is 82.6 cm³/mol. The van der Waals surface area contributed by atoms with Gasteiger partial charge in [0.2, 0.25) is 0 Å². The van der Waals surface area contributed by atoms with Gasteiger partial charge < -0.3 is 19.2 Å². The van der Waals surface area contributed by atoms with E-state index < -0.39 is 0 Å². The van der Waals surface area contributed by atoms with Gasteiger partial charge in [0.15, 0.2) is 11.3 Å². The average molecular weight is 289 g/mol. The molecule has 0 spiro atoms. The summed E-state index contributed by atoms with van der Waals surface area (Å²) in [6.07, 6.45) is 3.75. The molecule has 1 aromatic heterocycles. The van der Waals surface area contributed by atoms with Gasteiger partial charge >= 0.3 is 0 Å². The molecule has 2 aromatic rings. The van der Waals surface area contributed by atoms with Crippen molar-refractivity contribution >= 4 is 11.0 Å². The molecule has 1 saturated carbocycles. The van der Waals surface area contributed by atoms with Crippen molar-refractivity contribution in [2.75, 3.05) is 27.4 Å². The zero-order valence-corrected chi connectivity index (χ0v) is 12.8. The lowest BCUT2D eigenvalue weighted by Crippen LogP contribution is -2.24. The maximum absolute atomic E-state index is 5.89. The van der Waals surface area contributed by atoms with Crippen LogP contribution < -0.4 is 10.1 Å². The number of rotatable bonds is 8. The van der Waals surface area contributed by atoms with Crippen molar-refractivity contribution in [1.82, 2.24) is 5.32 Å². The van der Waals surface area contributed by atoms with Gasteiger partial charge in [0, 0.05) is 25.6 Å². The maximum Gasteiger partial charge on any atom is 0.176 e. The minimum Gasteiger partial charge on any atom is -0.493 e. The minimum atomic E-state index is 0.458. The third kappa shape index (κ3) is 3.22. The Morgan fingerprint density at radius 3 is 2.86 bits per heavy atom. The highest BCUT2D eigenvalue weighted by Crippen LogP contribution is 2.48. The van der Waals surface area contributed by atoms with Crippen molar-refractivity contribution < 1.29 is 13.9 Å². The molecule has 0 unspecified atom stereocenters. The van der Waals surface area contributed by atoms with E-state index in [2.05, 4.69) is 11.4 Å².